The lowest BCUT2D eigenvalue weighted by atomic mass is 10.3. The Morgan fingerprint density at radius 3 is 1.83 bits per heavy atom. The number of aliphatic carboxylic acids is 1. The number of halogens is 5. The van der Waals surface area contributed by atoms with E-state index < -0.39 is 54.6 Å². The normalized spacial score (nSPS) is 14.0. The highest BCUT2D eigenvalue weighted by molar-refractivity contribution is 7.52. The van der Waals surface area contributed by atoms with Gasteiger partial charge in [-0.1, -0.05) is 0 Å². The minimum absolute atomic E-state index is 0.247. The van der Waals surface area contributed by atoms with Gasteiger partial charge in [0.15, 0.2) is 0 Å². The van der Waals surface area contributed by atoms with Crippen LogP contribution in [0.4, 0.5) is 22.0 Å². The first-order valence-corrected chi connectivity index (χ1v) is 9.18. The minimum Gasteiger partial charge on any atom is -0.497 e. The molecule has 0 aromatic heterocycles. The first-order chi connectivity index (χ1) is 13.5. The summed E-state index contributed by atoms with van der Waals surface area (Å²) in [6.45, 7) is 0.980. The Bertz CT molecular complexity index is 942. The third-order valence-corrected chi connectivity index (χ3v) is 4.97. The summed E-state index contributed by atoms with van der Waals surface area (Å²) in [5.74, 6) is -15.3. The van der Waals surface area contributed by atoms with Crippen molar-refractivity contribution < 1.29 is 50.2 Å². The number of carboxylic acids is 1. The van der Waals surface area contributed by atoms with Gasteiger partial charge in [-0.2, -0.15) is 13.9 Å². The van der Waals surface area contributed by atoms with Crippen LogP contribution in [0.2, 0.25) is 0 Å². The summed E-state index contributed by atoms with van der Waals surface area (Å²) >= 11 is 0. The van der Waals surface area contributed by atoms with E-state index in [2.05, 4.69) is 4.52 Å². The van der Waals surface area contributed by atoms with Crippen molar-refractivity contribution in [3.63, 3.8) is 0 Å². The molecule has 0 saturated carbocycles. The van der Waals surface area contributed by atoms with Crippen molar-refractivity contribution in [2.75, 3.05) is 7.11 Å². The highest BCUT2D eigenvalue weighted by atomic mass is 31.2. The molecule has 0 heterocycles. The largest absolute Gasteiger partial charge is 0.513 e. The van der Waals surface area contributed by atoms with Gasteiger partial charge >= 0.3 is 13.7 Å². The molecule has 0 aliphatic heterocycles. The molecule has 0 bridgehead atoms. The van der Waals surface area contributed by atoms with Crippen LogP contribution in [-0.4, -0.2) is 24.2 Å². The number of rotatable bonds is 8. The van der Waals surface area contributed by atoms with Crippen molar-refractivity contribution in [1.82, 2.24) is 5.09 Å². The van der Waals surface area contributed by atoms with Crippen molar-refractivity contribution in [3.05, 3.63) is 53.4 Å². The number of carboxylic acid groups (broad SMARTS) is 1. The number of hydrogen-bond donors (Lipinski definition) is 2. The number of hydrogen-bond acceptors (Lipinski definition) is 5. The molecule has 0 aliphatic carbocycles. The molecule has 0 fully saturated rings. The SMILES string of the molecule is COc1ccc(OP(=O)(NC(C)C(=O)O)Oc2c(F)c(F)c(F)c(F)c2F)cc1. The van der Waals surface area contributed by atoms with Gasteiger partial charge in [0, 0.05) is 0 Å². The first-order valence-electron chi connectivity index (χ1n) is 7.64. The number of carbonyl (C=O) groups is 1. The van der Waals surface area contributed by atoms with Gasteiger partial charge in [0.1, 0.15) is 17.5 Å². The topological polar surface area (TPSA) is 94.1 Å². The van der Waals surface area contributed by atoms with E-state index in [1.807, 2.05) is 5.09 Å². The fraction of sp³-hybridized carbons (Fsp3) is 0.188. The lowest BCUT2D eigenvalue weighted by molar-refractivity contribution is -0.138. The second-order valence-corrected chi connectivity index (χ2v) is 7.06. The maximum atomic E-state index is 13.9. The average molecular weight is 441 g/mol. The van der Waals surface area contributed by atoms with E-state index in [9.17, 15) is 31.3 Å². The molecule has 2 N–H and O–H groups in total. The highest BCUT2D eigenvalue weighted by Crippen LogP contribution is 2.47. The summed E-state index contributed by atoms with van der Waals surface area (Å²) in [6, 6.07) is 3.37. The van der Waals surface area contributed by atoms with Gasteiger partial charge < -0.3 is 18.9 Å². The van der Waals surface area contributed by atoms with E-state index in [-0.39, 0.29) is 5.75 Å². The smallest absolute Gasteiger partial charge is 0.497 e. The van der Waals surface area contributed by atoms with Crippen LogP contribution in [0.3, 0.4) is 0 Å². The molecular formula is C16H13F5NO6P. The third-order valence-electron chi connectivity index (χ3n) is 3.39. The Hall–Kier alpha value is -2.85. The van der Waals surface area contributed by atoms with Gasteiger partial charge in [-0.3, -0.25) is 4.79 Å². The Morgan fingerprint density at radius 1 is 0.931 bits per heavy atom. The van der Waals surface area contributed by atoms with Crippen LogP contribution in [0.1, 0.15) is 6.92 Å². The molecule has 2 rings (SSSR count). The van der Waals surface area contributed by atoms with E-state index in [1.54, 1.807) is 0 Å². The average Bonchev–Trinajstić information content (AvgIpc) is 2.68. The number of benzene rings is 2. The van der Waals surface area contributed by atoms with Crippen LogP contribution in [0.5, 0.6) is 17.2 Å². The molecule has 2 aromatic carbocycles. The quantitative estimate of drug-likeness (QED) is 0.277. The van der Waals surface area contributed by atoms with Gasteiger partial charge in [0.05, 0.1) is 7.11 Å². The van der Waals surface area contributed by atoms with Crippen LogP contribution in [0.25, 0.3) is 0 Å². The maximum Gasteiger partial charge on any atom is 0.513 e. The van der Waals surface area contributed by atoms with E-state index in [4.69, 9.17) is 14.4 Å². The summed E-state index contributed by atoms with van der Waals surface area (Å²) < 4.78 is 95.0. The van der Waals surface area contributed by atoms with E-state index in [1.165, 1.54) is 31.4 Å². The van der Waals surface area contributed by atoms with Gasteiger partial charge in [-0.25, -0.2) is 17.7 Å². The first kappa shape index (κ1) is 22.4. The van der Waals surface area contributed by atoms with Crippen molar-refractivity contribution in [2.24, 2.45) is 0 Å². The fourth-order valence-corrected chi connectivity index (χ4v) is 3.45. The second kappa shape index (κ2) is 8.66. The van der Waals surface area contributed by atoms with Crippen LogP contribution in [-0.2, 0) is 9.36 Å². The number of ether oxygens (including phenoxy) is 1. The van der Waals surface area contributed by atoms with E-state index >= 15 is 0 Å². The highest BCUT2D eigenvalue weighted by Gasteiger charge is 2.38. The standard InChI is InChI=1S/C16H13F5NO6P/c1-7(16(23)24)22-29(25,27-9-5-3-8(26-2)4-6-9)28-15-13(20)11(18)10(17)12(19)14(15)21/h3-7H,1-2H3,(H,22,25)(H,23,24). The van der Waals surface area contributed by atoms with Gasteiger partial charge in [-0.15, -0.1) is 0 Å². The van der Waals surface area contributed by atoms with Gasteiger partial charge in [0.25, 0.3) is 0 Å². The molecule has 2 aromatic rings. The molecule has 0 saturated heterocycles. The third kappa shape index (κ3) is 4.96. The van der Waals surface area contributed by atoms with Gasteiger partial charge in [0.2, 0.25) is 34.8 Å². The fourth-order valence-electron chi connectivity index (χ4n) is 1.92. The summed E-state index contributed by atoms with van der Waals surface area (Å²) in [4.78, 5) is 11.0. The molecule has 0 aliphatic rings. The molecule has 0 amide bonds. The Kier molecular flexibility index (Phi) is 6.70. The molecule has 0 spiro atoms. The predicted molar refractivity (Wildman–Crippen MR) is 88.3 cm³/mol. The summed E-state index contributed by atoms with van der Waals surface area (Å²) in [7, 11) is -3.66. The lowest BCUT2D eigenvalue weighted by Crippen LogP contribution is -2.34. The van der Waals surface area contributed by atoms with Crippen molar-refractivity contribution in [1.29, 1.82) is 0 Å². The Morgan fingerprint density at radius 2 is 1.38 bits per heavy atom. The molecule has 2 atom stereocenters. The molecule has 158 valence electrons. The summed E-state index contributed by atoms with van der Waals surface area (Å²) in [5.41, 5.74) is 0. The number of nitrogens with one attached hydrogen (secondary N) is 1. The zero-order valence-electron chi connectivity index (χ0n) is 14.7. The van der Waals surface area contributed by atoms with Crippen LogP contribution >= 0.6 is 7.75 Å². The van der Waals surface area contributed by atoms with Crippen molar-refractivity contribution in [2.45, 2.75) is 13.0 Å². The van der Waals surface area contributed by atoms with E-state index in [0.717, 1.165) is 6.92 Å². The number of methoxy groups -OCH3 is 1. The molecule has 29 heavy (non-hydrogen) atoms. The zero-order valence-corrected chi connectivity index (χ0v) is 15.6. The predicted octanol–water partition coefficient (Wildman–Crippen LogP) is 4.02. The Balaban J connectivity index is 2.48. The zero-order chi connectivity index (χ0) is 21.9. The second-order valence-electron chi connectivity index (χ2n) is 5.44. The van der Waals surface area contributed by atoms with Crippen molar-refractivity contribution in [3.8, 4) is 17.2 Å². The molecule has 7 nitrogen and oxygen atoms in total. The monoisotopic (exact) mass is 441 g/mol. The van der Waals surface area contributed by atoms with Crippen LogP contribution in [0, 0.1) is 29.1 Å². The molecule has 13 heteroatoms. The molecular weight excluding hydrogens is 428 g/mol. The van der Waals surface area contributed by atoms with Crippen LogP contribution < -0.4 is 18.9 Å². The summed E-state index contributed by atoms with van der Waals surface area (Å²) in [6.07, 6.45) is 0. The lowest BCUT2D eigenvalue weighted by Gasteiger charge is -2.23. The summed E-state index contributed by atoms with van der Waals surface area (Å²) in [5, 5.41) is 10.8. The Labute approximate surface area is 160 Å². The maximum absolute atomic E-state index is 13.9. The molecule has 2 unspecified atom stereocenters. The van der Waals surface area contributed by atoms with Crippen molar-refractivity contribution >= 4 is 13.7 Å². The van der Waals surface area contributed by atoms with Crippen LogP contribution in [0.15, 0.2) is 24.3 Å². The van der Waals surface area contributed by atoms with Gasteiger partial charge in [-0.05, 0) is 31.2 Å². The molecule has 0 radical (unpaired) electrons. The van der Waals surface area contributed by atoms with E-state index in [0.29, 0.717) is 5.75 Å². The minimum atomic E-state index is -5.01.